The second-order valence-electron chi connectivity index (χ2n) is 5.90. The predicted molar refractivity (Wildman–Crippen MR) is 85.5 cm³/mol. The predicted octanol–water partition coefficient (Wildman–Crippen LogP) is 4.41. The molecule has 0 bridgehead atoms. The van der Waals surface area contributed by atoms with E-state index in [-0.39, 0.29) is 11.2 Å². The third-order valence-electron chi connectivity index (χ3n) is 4.18. The summed E-state index contributed by atoms with van der Waals surface area (Å²) in [5.74, 6) is -0.318. The van der Waals surface area contributed by atoms with Crippen molar-refractivity contribution in [2.45, 2.75) is 32.1 Å². The SMILES string of the molecule is Cc1[nH]c(=O)c(O)cc1-c1cc(Cl)c(C2(C)CC2)c(Cl)c1. The van der Waals surface area contributed by atoms with Crippen molar-refractivity contribution in [2.75, 3.05) is 0 Å². The molecule has 0 aliphatic heterocycles. The van der Waals surface area contributed by atoms with Crippen LogP contribution < -0.4 is 5.56 Å². The number of rotatable bonds is 2. The van der Waals surface area contributed by atoms with Crippen LogP contribution in [0.5, 0.6) is 5.75 Å². The van der Waals surface area contributed by atoms with E-state index in [4.69, 9.17) is 23.2 Å². The van der Waals surface area contributed by atoms with E-state index in [2.05, 4.69) is 11.9 Å². The highest BCUT2D eigenvalue weighted by atomic mass is 35.5. The van der Waals surface area contributed by atoms with Gasteiger partial charge in [0.05, 0.1) is 0 Å². The van der Waals surface area contributed by atoms with Gasteiger partial charge in [-0.1, -0.05) is 30.1 Å². The molecule has 1 aromatic heterocycles. The minimum atomic E-state index is -0.504. The Morgan fingerprint density at radius 2 is 1.76 bits per heavy atom. The van der Waals surface area contributed by atoms with Crippen LogP contribution in [0.15, 0.2) is 23.0 Å². The molecule has 0 atom stereocenters. The van der Waals surface area contributed by atoms with Crippen molar-refractivity contribution in [3.63, 3.8) is 0 Å². The van der Waals surface area contributed by atoms with E-state index < -0.39 is 5.56 Å². The average Bonchev–Trinajstić information content (AvgIpc) is 3.11. The van der Waals surface area contributed by atoms with Crippen LogP contribution in [0.2, 0.25) is 10.0 Å². The molecule has 0 radical (unpaired) electrons. The van der Waals surface area contributed by atoms with Crippen LogP contribution in [0.1, 0.15) is 31.0 Å². The summed E-state index contributed by atoms with van der Waals surface area (Å²) in [6.07, 6.45) is 2.18. The maximum Gasteiger partial charge on any atom is 0.290 e. The van der Waals surface area contributed by atoms with Gasteiger partial charge in [-0.3, -0.25) is 4.79 Å². The van der Waals surface area contributed by atoms with E-state index in [1.165, 1.54) is 6.07 Å². The van der Waals surface area contributed by atoms with E-state index in [9.17, 15) is 9.90 Å². The highest BCUT2D eigenvalue weighted by Gasteiger charge is 2.42. The van der Waals surface area contributed by atoms with Crippen molar-refractivity contribution in [1.82, 2.24) is 4.98 Å². The summed E-state index contributed by atoms with van der Waals surface area (Å²) in [5.41, 5.74) is 2.71. The Bertz CT molecular complexity index is 768. The number of aromatic nitrogens is 1. The van der Waals surface area contributed by atoms with Gasteiger partial charge < -0.3 is 10.1 Å². The molecule has 1 aliphatic rings. The fourth-order valence-corrected chi connectivity index (χ4v) is 3.60. The van der Waals surface area contributed by atoms with Gasteiger partial charge in [0.25, 0.3) is 5.56 Å². The zero-order valence-corrected chi connectivity index (χ0v) is 13.3. The second-order valence-corrected chi connectivity index (χ2v) is 6.71. The Morgan fingerprint density at radius 3 is 2.29 bits per heavy atom. The number of pyridine rings is 1. The average molecular weight is 324 g/mol. The van der Waals surface area contributed by atoms with Gasteiger partial charge in [-0.05, 0) is 54.5 Å². The smallest absolute Gasteiger partial charge is 0.290 e. The summed E-state index contributed by atoms with van der Waals surface area (Å²) in [5, 5.41) is 10.9. The zero-order chi connectivity index (χ0) is 15.4. The highest BCUT2D eigenvalue weighted by molar-refractivity contribution is 6.36. The number of aromatic amines is 1. The maximum absolute atomic E-state index is 11.4. The Labute approximate surface area is 132 Å². The molecule has 0 unspecified atom stereocenters. The van der Waals surface area contributed by atoms with Crippen LogP contribution in [-0.2, 0) is 5.41 Å². The quantitative estimate of drug-likeness (QED) is 0.859. The van der Waals surface area contributed by atoms with Crippen molar-refractivity contribution in [1.29, 1.82) is 0 Å². The number of nitrogens with one attached hydrogen (secondary N) is 1. The molecule has 21 heavy (non-hydrogen) atoms. The number of aryl methyl sites for hydroxylation is 1. The molecule has 3 rings (SSSR count). The topological polar surface area (TPSA) is 53.1 Å². The van der Waals surface area contributed by atoms with E-state index in [1.54, 1.807) is 6.92 Å². The minimum absolute atomic E-state index is 0.0783. The first kappa shape index (κ1) is 14.5. The van der Waals surface area contributed by atoms with Crippen molar-refractivity contribution in [3.05, 3.63) is 49.9 Å². The Balaban J connectivity index is 2.17. The molecule has 2 aromatic rings. The molecule has 110 valence electrons. The summed E-state index contributed by atoms with van der Waals surface area (Å²) < 4.78 is 0. The highest BCUT2D eigenvalue weighted by Crippen LogP contribution is 2.53. The summed E-state index contributed by atoms with van der Waals surface area (Å²) in [6, 6.07) is 5.12. The van der Waals surface area contributed by atoms with E-state index in [0.717, 1.165) is 24.0 Å². The van der Waals surface area contributed by atoms with E-state index in [1.807, 2.05) is 12.1 Å². The molecule has 2 N–H and O–H groups in total. The lowest BCUT2D eigenvalue weighted by molar-refractivity contribution is 0.466. The summed E-state index contributed by atoms with van der Waals surface area (Å²) in [4.78, 5) is 14.0. The van der Waals surface area contributed by atoms with Crippen molar-refractivity contribution in [2.24, 2.45) is 0 Å². The lowest BCUT2D eigenvalue weighted by atomic mass is 9.94. The van der Waals surface area contributed by atoms with Crippen molar-refractivity contribution in [3.8, 4) is 16.9 Å². The summed E-state index contributed by atoms with van der Waals surface area (Å²) in [7, 11) is 0. The maximum atomic E-state index is 11.4. The molecular weight excluding hydrogens is 309 g/mol. The lowest BCUT2D eigenvalue weighted by Crippen LogP contribution is -2.07. The molecule has 1 fully saturated rings. The van der Waals surface area contributed by atoms with Crippen LogP contribution in [0, 0.1) is 6.92 Å². The van der Waals surface area contributed by atoms with Crippen molar-refractivity contribution < 1.29 is 5.11 Å². The third kappa shape index (κ3) is 2.45. The van der Waals surface area contributed by atoms with Crippen molar-refractivity contribution >= 4 is 23.2 Å². The van der Waals surface area contributed by atoms with Gasteiger partial charge >= 0.3 is 0 Å². The van der Waals surface area contributed by atoms with Crippen LogP contribution in [0.25, 0.3) is 11.1 Å². The van der Waals surface area contributed by atoms with E-state index >= 15 is 0 Å². The first-order valence-corrected chi connectivity index (χ1v) is 7.50. The second kappa shape index (κ2) is 4.79. The molecule has 5 heteroatoms. The molecule has 1 aromatic carbocycles. The van der Waals surface area contributed by atoms with Gasteiger partial charge in [-0.15, -0.1) is 0 Å². The van der Waals surface area contributed by atoms with Crippen LogP contribution in [-0.4, -0.2) is 10.1 Å². The molecule has 0 amide bonds. The largest absolute Gasteiger partial charge is 0.503 e. The first-order valence-electron chi connectivity index (χ1n) is 6.74. The van der Waals surface area contributed by atoms with Crippen LogP contribution in [0.4, 0.5) is 0 Å². The fourth-order valence-electron chi connectivity index (χ4n) is 2.65. The minimum Gasteiger partial charge on any atom is -0.503 e. The van der Waals surface area contributed by atoms with E-state index in [0.29, 0.717) is 21.3 Å². The lowest BCUT2D eigenvalue weighted by Gasteiger charge is -2.16. The third-order valence-corrected chi connectivity index (χ3v) is 4.77. The Kier molecular flexibility index (Phi) is 3.30. The molecular formula is C16H15Cl2NO2. The molecule has 1 saturated carbocycles. The van der Waals surface area contributed by atoms with Gasteiger partial charge in [0.2, 0.25) is 0 Å². The van der Waals surface area contributed by atoms with Gasteiger partial charge in [-0.25, -0.2) is 0 Å². The Hall–Kier alpha value is -1.45. The molecule has 1 aliphatic carbocycles. The van der Waals surface area contributed by atoms with Gasteiger partial charge in [-0.2, -0.15) is 0 Å². The van der Waals surface area contributed by atoms with Crippen LogP contribution in [0.3, 0.4) is 0 Å². The number of aromatic hydroxyl groups is 1. The monoisotopic (exact) mass is 323 g/mol. The standard InChI is InChI=1S/C16H15Cl2NO2/c1-8-10(7-13(20)15(21)19-8)9-5-11(17)14(12(18)6-9)16(2)3-4-16/h5-7,20H,3-4H2,1-2H3,(H,19,21). The van der Waals surface area contributed by atoms with Gasteiger partial charge in [0.1, 0.15) is 0 Å². The molecule has 3 nitrogen and oxygen atoms in total. The summed E-state index contributed by atoms with van der Waals surface area (Å²) >= 11 is 12.8. The number of H-pyrrole nitrogens is 1. The summed E-state index contributed by atoms with van der Waals surface area (Å²) in [6.45, 7) is 3.92. The molecule has 0 spiro atoms. The Morgan fingerprint density at radius 1 is 1.19 bits per heavy atom. The normalized spacial score (nSPS) is 16.0. The number of hydrogen-bond donors (Lipinski definition) is 2. The first-order chi connectivity index (χ1) is 9.82. The van der Waals surface area contributed by atoms with Gasteiger partial charge in [0, 0.05) is 21.3 Å². The van der Waals surface area contributed by atoms with Crippen LogP contribution >= 0.6 is 23.2 Å². The van der Waals surface area contributed by atoms with Gasteiger partial charge in [0.15, 0.2) is 5.75 Å². The number of hydrogen-bond acceptors (Lipinski definition) is 2. The molecule has 1 heterocycles. The fraction of sp³-hybridized carbons (Fsp3) is 0.312. The number of benzene rings is 1. The zero-order valence-electron chi connectivity index (χ0n) is 11.8. The molecule has 0 saturated heterocycles. The number of halogens is 2.